The third kappa shape index (κ3) is 4.39. The van der Waals surface area contributed by atoms with Crippen molar-refractivity contribution in [2.75, 3.05) is 20.6 Å². The summed E-state index contributed by atoms with van der Waals surface area (Å²) in [5.74, 6) is 1.64. The quantitative estimate of drug-likeness (QED) is 0.576. The van der Waals surface area contributed by atoms with Crippen LogP contribution in [0.15, 0.2) is 41.5 Å². The van der Waals surface area contributed by atoms with E-state index in [9.17, 15) is 5.11 Å². The molecule has 0 unspecified atom stereocenters. The summed E-state index contributed by atoms with van der Waals surface area (Å²) in [7, 11) is 3.73. The van der Waals surface area contributed by atoms with E-state index in [4.69, 9.17) is 0 Å². The highest BCUT2D eigenvalue weighted by atomic mass is 16.3. The second-order valence-corrected chi connectivity index (χ2v) is 6.80. The van der Waals surface area contributed by atoms with Gasteiger partial charge in [0, 0.05) is 20.6 Å². The van der Waals surface area contributed by atoms with E-state index in [1.807, 2.05) is 36.3 Å². The van der Waals surface area contributed by atoms with Crippen LogP contribution in [0.25, 0.3) is 11.3 Å². The third-order valence-corrected chi connectivity index (χ3v) is 4.78. The van der Waals surface area contributed by atoms with E-state index in [1.54, 1.807) is 7.05 Å². The van der Waals surface area contributed by atoms with Crippen molar-refractivity contribution in [2.45, 2.75) is 37.8 Å². The molecular weight excluding hydrogens is 314 g/mol. The minimum Gasteiger partial charge on any atom is -0.388 e. The lowest BCUT2D eigenvalue weighted by molar-refractivity contribution is 0.0516. The first-order valence-corrected chi connectivity index (χ1v) is 8.83. The fraction of sp³-hybridized carbons (Fsp3) is 0.474. The molecule has 3 N–H and O–H groups in total. The van der Waals surface area contributed by atoms with Crippen LogP contribution >= 0.6 is 0 Å². The number of nitrogens with one attached hydrogen (secondary N) is 2. The summed E-state index contributed by atoms with van der Waals surface area (Å²) < 4.78 is 0. The molecule has 0 amide bonds. The molecule has 134 valence electrons. The lowest BCUT2D eigenvalue weighted by atomic mass is 10.0. The van der Waals surface area contributed by atoms with E-state index in [-0.39, 0.29) is 0 Å². The Kier molecular flexibility index (Phi) is 5.38. The van der Waals surface area contributed by atoms with E-state index in [1.165, 1.54) is 0 Å². The van der Waals surface area contributed by atoms with Crippen LogP contribution in [0.2, 0.25) is 0 Å². The van der Waals surface area contributed by atoms with Gasteiger partial charge < -0.3 is 20.3 Å². The van der Waals surface area contributed by atoms with Crippen molar-refractivity contribution in [1.82, 2.24) is 20.2 Å². The van der Waals surface area contributed by atoms with Crippen molar-refractivity contribution in [3.8, 4) is 11.3 Å². The number of guanidine groups is 1. The topological polar surface area (TPSA) is 76.5 Å². The molecule has 6 nitrogen and oxygen atoms in total. The maximum absolute atomic E-state index is 10.5. The second-order valence-electron chi connectivity index (χ2n) is 6.80. The summed E-state index contributed by atoms with van der Waals surface area (Å²) in [5.41, 5.74) is 1.53. The average Bonchev–Trinajstić information content (AvgIpc) is 3.26. The first kappa shape index (κ1) is 17.5. The number of imidazole rings is 1. The fourth-order valence-electron chi connectivity index (χ4n) is 3.34. The largest absolute Gasteiger partial charge is 0.388 e. The Morgan fingerprint density at radius 1 is 1.32 bits per heavy atom. The van der Waals surface area contributed by atoms with Crippen LogP contribution in [0.1, 0.15) is 31.5 Å². The highest BCUT2D eigenvalue weighted by Gasteiger charge is 2.31. The SMILES string of the molecule is CN=C(NCC1(O)CCCC1)N(C)Cc1ncc(-c2ccccc2)[nH]1. The van der Waals surface area contributed by atoms with Crippen LogP contribution in [-0.4, -0.2) is 52.2 Å². The molecule has 1 aliphatic carbocycles. The van der Waals surface area contributed by atoms with E-state index >= 15 is 0 Å². The number of nitrogens with zero attached hydrogens (tertiary/aromatic N) is 3. The first-order chi connectivity index (χ1) is 12.1. The summed E-state index contributed by atoms with van der Waals surface area (Å²) in [6, 6.07) is 10.2. The van der Waals surface area contributed by atoms with Gasteiger partial charge in [-0.25, -0.2) is 4.98 Å². The van der Waals surface area contributed by atoms with Gasteiger partial charge in [0.1, 0.15) is 5.82 Å². The zero-order valence-corrected chi connectivity index (χ0v) is 15.0. The number of rotatable bonds is 5. The minimum absolute atomic E-state index is 0.539. The lowest BCUT2D eigenvalue weighted by Crippen LogP contribution is -2.46. The van der Waals surface area contributed by atoms with Crippen LogP contribution in [0, 0.1) is 0 Å². The molecule has 2 aromatic rings. The number of H-pyrrole nitrogens is 1. The van der Waals surface area contributed by atoms with Crippen molar-refractivity contribution in [2.24, 2.45) is 4.99 Å². The van der Waals surface area contributed by atoms with Gasteiger partial charge in [-0.15, -0.1) is 0 Å². The normalized spacial score (nSPS) is 16.8. The molecule has 25 heavy (non-hydrogen) atoms. The maximum atomic E-state index is 10.5. The van der Waals surface area contributed by atoms with Gasteiger partial charge in [0.2, 0.25) is 0 Å². The number of aromatic amines is 1. The Morgan fingerprint density at radius 2 is 2.04 bits per heavy atom. The van der Waals surface area contributed by atoms with Gasteiger partial charge in [-0.05, 0) is 18.4 Å². The molecule has 1 fully saturated rings. The molecule has 0 saturated heterocycles. The Hall–Kier alpha value is -2.34. The first-order valence-electron chi connectivity index (χ1n) is 8.83. The molecule has 0 aliphatic heterocycles. The van der Waals surface area contributed by atoms with Crippen LogP contribution < -0.4 is 5.32 Å². The van der Waals surface area contributed by atoms with Gasteiger partial charge in [-0.2, -0.15) is 0 Å². The number of aliphatic hydroxyl groups is 1. The second kappa shape index (κ2) is 7.70. The van der Waals surface area contributed by atoms with Gasteiger partial charge >= 0.3 is 0 Å². The summed E-state index contributed by atoms with van der Waals surface area (Å²) in [6.07, 6.45) is 5.77. The van der Waals surface area contributed by atoms with Gasteiger partial charge in [0.15, 0.2) is 5.96 Å². The number of benzene rings is 1. The lowest BCUT2D eigenvalue weighted by Gasteiger charge is -2.27. The Morgan fingerprint density at radius 3 is 2.72 bits per heavy atom. The smallest absolute Gasteiger partial charge is 0.193 e. The summed E-state index contributed by atoms with van der Waals surface area (Å²) in [6.45, 7) is 1.16. The Labute approximate surface area is 149 Å². The van der Waals surface area contributed by atoms with Gasteiger partial charge in [0.25, 0.3) is 0 Å². The fourth-order valence-corrected chi connectivity index (χ4v) is 3.34. The van der Waals surface area contributed by atoms with Crippen molar-refractivity contribution in [3.63, 3.8) is 0 Å². The Balaban J connectivity index is 1.59. The van der Waals surface area contributed by atoms with Gasteiger partial charge in [-0.3, -0.25) is 4.99 Å². The van der Waals surface area contributed by atoms with E-state index < -0.39 is 5.60 Å². The molecule has 1 aliphatic rings. The van der Waals surface area contributed by atoms with Crippen LogP contribution in [0.3, 0.4) is 0 Å². The molecule has 6 heteroatoms. The summed E-state index contributed by atoms with van der Waals surface area (Å²) in [5, 5.41) is 13.8. The molecule has 0 spiro atoms. The summed E-state index contributed by atoms with van der Waals surface area (Å²) in [4.78, 5) is 14.2. The Bertz CT molecular complexity index is 704. The molecule has 1 aromatic carbocycles. The predicted octanol–water partition coefficient (Wildman–Crippen LogP) is 2.39. The molecule has 0 atom stereocenters. The molecule has 1 heterocycles. The molecule has 0 radical (unpaired) electrons. The van der Waals surface area contributed by atoms with Crippen LogP contribution in [0.4, 0.5) is 0 Å². The zero-order chi connectivity index (χ0) is 17.7. The number of hydrogen-bond donors (Lipinski definition) is 3. The average molecular weight is 341 g/mol. The highest BCUT2D eigenvalue weighted by Crippen LogP contribution is 2.28. The van der Waals surface area contributed by atoms with Crippen LogP contribution in [0.5, 0.6) is 0 Å². The van der Waals surface area contributed by atoms with Gasteiger partial charge in [0.05, 0.1) is 24.0 Å². The molecular formula is C19H27N5O. The number of hydrogen-bond acceptors (Lipinski definition) is 3. The third-order valence-electron chi connectivity index (χ3n) is 4.78. The van der Waals surface area contributed by atoms with Crippen molar-refractivity contribution < 1.29 is 5.11 Å². The zero-order valence-electron chi connectivity index (χ0n) is 15.0. The van der Waals surface area contributed by atoms with E-state index in [0.717, 1.165) is 48.7 Å². The number of aliphatic imine (C=N–C) groups is 1. The molecule has 3 rings (SSSR count). The monoisotopic (exact) mass is 341 g/mol. The van der Waals surface area contributed by atoms with Crippen molar-refractivity contribution in [3.05, 3.63) is 42.4 Å². The standard InChI is InChI=1S/C19H27N5O/c1-20-18(22-14-19(25)10-6-7-11-19)24(2)13-17-21-12-16(23-17)15-8-4-3-5-9-15/h3-5,8-9,12,25H,6-7,10-11,13-14H2,1-2H3,(H,20,22)(H,21,23). The van der Waals surface area contributed by atoms with Crippen molar-refractivity contribution in [1.29, 1.82) is 0 Å². The van der Waals surface area contributed by atoms with E-state index in [2.05, 4.69) is 32.4 Å². The molecule has 0 bridgehead atoms. The van der Waals surface area contributed by atoms with Crippen molar-refractivity contribution >= 4 is 5.96 Å². The predicted molar refractivity (Wildman–Crippen MR) is 100 cm³/mol. The van der Waals surface area contributed by atoms with E-state index in [0.29, 0.717) is 13.1 Å². The maximum Gasteiger partial charge on any atom is 0.193 e. The van der Waals surface area contributed by atoms with Gasteiger partial charge in [-0.1, -0.05) is 43.2 Å². The minimum atomic E-state index is -0.595. The number of aromatic nitrogens is 2. The molecule has 1 aromatic heterocycles. The summed E-state index contributed by atoms with van der Waals surface area (Å²) >= 11 is 0. The molecule has 1 saturated carbocycles. The van der Waals surface area contributed by atoms with Crippen LogP contribution in [-0.2, 0) is 6.54 Å². The highest BCUT2D eigenvalue weighted by molar-refractivity contribution is 5.79.